The number of aromatic nitrogens is 2. The topological polar surface area (TPSA) is 40.7 Å². The molecule has 0 spiro atoms. The lowest BCUT2D eigenvalue weighted by atomic mass is 9.81. The molecule has 1 aromatic heterocycles. The van der Waals surface area contributed by atoms with Crippen LogP contribution in [-0.2, 0) is 6.42 Å². The van der Waals surface area contributed by atoms with Crippen molar-refractivity contribution in [3.8, 4) is 0 Å². The maximum Gasteiger partial charge on any atom is 0.0522 e. The monoisotopic (exact) mass is 163 g/mol. The Morgan fingerprint density at radius 1 is 1.42 bits per heavy atom. The Balaban J connectivity index is 2.04. The summed E-state index contributed by atoms with van der Waals surface area (Å²) in [5.74, 6) is 1.58. The molecule has 2 aliphatic rings. The van der Waals surface area contributed by atoms with Crippen molar-refractivity contribution in [2.24, 2.45) is 5.92 Å². The third kappa shape index (κ3) is 0.771. The van der Waals surface area contributed by atoms with Crippen molar-refractivity contribution >= 4 is 0 Å². The minimum absolute atomic E-state index is 0.719. The molecule has 2 unspecified atom stereocenters. The predicted octanol–water partition coefficient (Wildman–Crippen LogP) is 0.659. The molecule has 0 amide bonds. The first kappa shape index (κ1) is 6.66. The summed E-state index contributed by atoms with van der Waals surface area (Å²) >= 11 is 0. The number of nitrogens with zero attached hydrogens (tertiary/aromatic N) is 1. The summed E-state index contributed by atoms with van der Waals surface area (Å²) in [6, 6.07) is 0. The zero-order chi connectivity index (χ0) is 7.97. The largest absolute Gasteiger partial charge is 0.316 e. The maximum atomic E-state index is 4.11. The van der Waals surface area contributed by atoms with Crippen LogP contribution in [0, 0.1) is 5.92 Å². The molecule has 3 nitrogen and oxygen atoms in total. The van der Waals surface area contributed by atoms with Crippen LogP contribution in [0.4, 0.5) is 0 Å². The Morgan fingerprint density at radius 3 is 3.42 bits per heavy atom. The summed E-state index contributed by atoms with van der Waals surface area (Å²) in [6.45, 7) is 2.34. The SMILES string of the molecule is c1n[nH]c2c1CCC1CNCC21. The van der Waals surface area contributed by atoms with Gasteiger partial charge in [0.1, 0.15) is 0 Å². The molecular weight excluding hydrogens is 150 g/mol. The van der Waals surface area contributed by atoms with Crippen LogP contribution in [0.25, 0.3) is 0 Å². The van der Waals surface area contributed by atoms with Gasteiger partial charge in [-0.15, -0.1) is 0 Å². The van der Waals surface area contributed by atoms with Crippen LogP contribution in [-0.4, -0.2) is 23.3 Å². The van der Waals surface area contributed by atoms with E-state index in [9.17, 15) is 0 Å². The molecule has 0 bridgehead atoms. The normalized spacial score (nSPS) is 33.0. The number of aryl methyl sites for hydroxylation is 1. The van der Waals surface area contributed by atoms with Crippen LogP contribution in [0.2, 0.25) is 0 Å². The highest BCUT2D eigenvalue weighted by molar-refractivity contribution is 5.26. The Labute approximate surface area is 71.6 Å². The third-order valence-electron chi connectivity index (χ3n) is 3.25. The Morgan fingerprint density at radius 2 is 2.42 bits per heavy atom. The first-order valence-electron chi connectivity index (χ1n) is 4.68. The van der Waals surface area contributed by atoms with E-state index in [1.54, 1.807) is 0 Å². The number of fused-ring (bicyclic) bond motifs is 3. The molecule has 3 heteroatoms. The van der Waals surface area contributed by atoms with E-state index in [0.717, 1.165) is 18.4 Å². The summed E-state index contributed by atoms with van der Waals surface area (Å²) in [6.07, 6.45) is 4.54. The lowest BCUT2D eigenvalue weighted by Gasteiger charge is -2.23. The highest BCUT2D eigenvalue weighted by atomic mass is 15.1. The van der Waals surface area contributed by atoms with E-state index < -0.39 is 0 Å². The van der Waals surface area contributed by atoms with Crippen LogP contribution in [0.5, 0.6) is 0 Å². The first-order valence-corrected chi connectivity index (χ1v) is 4.68. The highest BCUT2D eigenvalue weighted by Crippen LogP contribution is 2.36. The van der Waals surface area contributed by atoms with Gasteiger partial charge >= 0.3 is 0 Å². The van der Waals surface area contributed by atoms with E-state index in [2.05, 4.69) is 15.5 Å². The average molecular weight is 163 g/mol. The van der Waals surface area contributed by atoms with Gasteiger partial charge in [0.2, 0.25) is 0 Å². The zero-order valence-electron chi connectivity index (χ0n) is 7.01. The van der Waals surface area contributed by atoms with Crippen LogP contribution in [0.15, 0.2) is 6.20 Å². The minimum atomic E-state index is 0.719. The van der Waals surface area contributed by atoms with Crippen molar-refractivity contribution < 1.29 is 0 Å². The van der Waals surface area contributed by atoms with Crippen molar-refractivity contribution in [3.63, 3.8) is 0 Å². The van der Waals surface area contributed by atoms with E-state index in [1.807, 2.05) is 6.20 Å². The lowest BCUT2D eigenvalue weighted by Crippen LogP contribution is -2.18. The van der Waals surface area contributed by atoms with Gasteiger partial charge < -0.3 is 5.32 Å². The van der Waals surface area contributed by atoms with Gasteiger partial charge in [-0.25, -0.2) is 0 Å². The zero-order valence-corrected chi connectivity index (χ0v) is 7.01. The molecule has 1 fully saturated rings. The second-order valence-corrected chi connectivity index (χ2v) is 3.87. The molecule has 2 atom stereocenters. The van der Waals surface area contributed by atoms with Crippen LogP contribution in [0.1, 0.15) is 23.6 Å². The van der Waals surface area contributed by atoms with Crippen LogP contribution < -0.4 is 5.32 Å². The van der Waals surface area contributed by atoms with Gasteiger partial charge in [0.25, 0.3) is 0 Å². The molecule has 64 valence electrons. The van der Waals surface area contributed by atoms with E-state index in [4.69, 9.17) is 0 Å². The smallest absolute Gasteiger partial charge is 0.0522 e. The second-order valence-electron chi connectivity index (χ2n) is 3.87. The van der Waals surface area contributed by atoms with E-state index >= 15 is 0 Å². The summed E-state index contributed by atoms with van der Waals surface area (Å²) < 4.78 is 0. The highest BCUT2D eigenvalue weighted by Gasteiger charge is 2.34. The number of nitrogens with one attached hydrogen (secondary N) is 2. The first-order chi connectivity index (χ1) is 5.95. The number of rotatable bonds is 0. The minimum Gasteiger partial charge on any atom is -0.316 e. The lowest BCUT2D eigenvalue weighted by molar-refractivity contribution is 0.445. The summed E-state index contributed by atoms with van der Waals surface area (Å²) in [5.41, 5.74) is 2.84. The Kier molecular flexibility index (Phi) is 1.29. The summed E-state index contributed by atoms with van der Waals surface area (Å²) in [7, 11) is 0. The van der Waals surface area contributed by atoms with Gasteiger partial charge in [-0.05, 0) is 30.9 Å². The van der Waals surface area contributed by atoms with Crippen molar-refractivity contribution in [2.75, 3.05) is 13.1 Å². The molecule has 0 aromatic carbocycles. The van der Waals surface area contributed by atoms with Crippen molar-refractivity contribution in [2.45, 2.75) is 18.8 Å². The van der Waals surface area contributed by atoms with Crippen molar-refractivity contribution in [1.82, 2.24) is 15.5 Å². The summed E-state index contributed by atoms with van der Waals surface area (Å²) in [4.78, 5) is 0. The molecule has 1 saturated heterocycles. The fourth-order valence-corrected chi connectivity index (χ4v) is 2.56. The van der Waals surface area contributed by atoms with E-state index in [-0.39, 0.29) is 0 Å². The second kappa shape index (κ2) is 2.33. The maximum absolute atomic E-state index is 4.11. The van der Waals surface area contributed by atoms with Gasteiger partial charge in [0.15, 0.2) is 0 Å². The summed E-state index contributed by atoms with van der Waals surface area (Å²) in [5, 5.41) is 10.7. The fraction of sp³-hybridized carbons (Fsp3) is 0.667. The molecule has 3 rings (SSSR count). The molecule has 0 saturated carbocycles. The number of hydrogen-bond acceptors (Lipinski definition) is 2. The third-order valence-corrected chi connectivity index (χ3v) is 3.25. The van der Waals surface area contributed by atoms with Crippen LogP contribution >= 0.6 is 0 Å². The quantitative estimate of drug-likeness (QED) is 0.590. The molecule has 2 N–H and O–H groups in total. The molecule has 1 aromatic rings. The van der Waals surface area contributed by atoms with Crippen molar-refractivity contribution in [3.05, 3.63) is 17.5 Å². The molecular formula is C9H13N3. The van der Waals surface area contributed by atoms with Gasteiger partial charge in [-0.3, -0.25) is 5.10 Å². The van der Waals surface area contributed by atoms with Gasteiger partial charge in [-0.1, -0.05) is 0 Å². The average Bonchev–Trinajstić information content (AvgIpc) is 2.71. The van der Waals surface area contributed by atoms with Crippen LogP contribution in [0.3, 0.4) is 0 Å². The molecule has 2 heterocycles. The van der Waals surface area contributed by atoms with Crippen molar-refractivity contribution in [1.29, 1.82) is 0 Å². The standard InChI is InChI=1S/C9H13N3/c1-2-7-4-11-12-9(7)8-5-10-3-6(1)8/h4,6,8,10H,1-3,5H2,(H,11,12). The Hall–Kier alpha value is -0.830. The molecule has 0 radical (unpaired) electrons. The Bertz CT molecular complexity index is 292. The predicted molar refractivity (Wildman–Crippen MR) is 46.0 cm³/mol. The number of H-pyrrole nitrogens is 1. The molecule has 1 aliphatic carbocycles. The molecule has 1 aliphatic heterocycles. The van der Waals surface area contributed by atoms with Gasteiger partial charge in [-0.2, -0.15) is 5.10 Å². The molecule has 12 heavy (non-hydrogen) atoms. The van der Waals surface area contributed by atoms with Gasteiger partial charge in [0.05, 0.1) is 6.20 Å². The fourth-order valence-electron chi connectivity index (χ4n) is 2.56. The van der Waals surface area contributed by atoms with Gasteiger partial charge in [0, 0.05) is 18.2 Å². The number of hydrogen-bond donors (Lipinski definition) is 2. The number of aromatic amines is 1. The van der Waals surface area contributed by atoms with E-state index in [0.29, 0.717) is 0 Å². The van der Waals surface area contributed by atoms with E-state index in [1.165, 1.54) is 30.6 Å².